The summed E-state index contributed by atoms with van der Waals surface area (Å²) in [6, 6.07) is 8.28. The maximum absolute atomic E-state index is 13.9. The van der Waals surface area contributed by atoms with E-state index in [0.29, 0.717) is 89.3 Å². The predicted molar refractivity (Wildman–Crippen MR) is 228 cm³/mol. The Morgan fingerprint density at radius 1 is 0.774 bits per heavy atom. The molecule has 6 heterocycles. The minimum Gasteiger partial charge on any atom is -0.491 e. The Morgan fingerprint density at radius 2 is 1.32 bits per heavy atom. The van der Waals surface area contributed by atoms with E-state index in [1.807, 2.05) is 44.4 Å². The van der Waals surface area contributed by atoms with Crippen LogP contribution in [0.25, 0.3) is 22.2 Å². The highest BCUT2D eigenvalue weighted by Gasteiger charge is 2.21. The molecule has 20 heteroatoms. The van der Waals surface area contributed by atoms with E-state index < -0.39 is 23.6 Å². The van der Waals surface area contributed by atoms with Crippen molar-refractivity contribution < 1.29 is 28.7 Å². The van der Waals surface area contributed by atoms with E-state index in [2.05, 4.69) is 30.1 Å². The second kappa shape index (κ2) is 18.4. The number of rotatable bonds is 15. The Hall–Kier alpha value is -6.93. The van der Waals surface area contributed by atoms with Crippen molar-refractivity contribution in [2.45, 2.75) is 60.3 Å². The number of carbonyl (C=O) groups is 4. The fourth-order valence-electron chi connectivity index (χ4n) is 7.66. The summed E-state index contributed by atoms with van der Waals surface area (Å²) in [5.41, 5.74) is 16.6. The van der Waals surface area contributed by atoms with Gasteiger partial charge in [0.25, 0.3) is 11.8 Å². The highest BCUT2D eigenvalue weighted by atomic mass is 16.5. The molecule has 62 heavy (non-hydrogen) atoms. The van der Waals surface area contributed by atoms with E-state index in [4.69, 9.17) is 20.9 Å². The number of benzene rings is 1. The summed E-state index contributed by atoms with van der Waals surface area (Å²) >= 11 is 0. The van der Waals surface area contributed by atoms with Crippen LogP contribution in [0.5, 0.6) is 5.75 Å². The Balaban J connectivity index is 1.31. The first-order valence-corrected chi connectivity index (χ1v) is 20.5. The molecule has 1 saturated heterocycles. The Labute approximate surface area is 356 Å². The fourth-order valence-corrected chi connectivity index (χ4v) is 7.66. The van der Waals surface area contributed by atoms with Crippen LogP contribution in [-0.2, 0) is 45.0 Å². The Bertz CT molecular complexity index is 2880. The number of aromatic nitrogens is 9. The van der Waals surface area contributed by atoms with Gasteiger partial charge >= 0.3 is 0 Å². The van der Waals surface area contributed by atoms with Gasteiger partial charge in [0.2, 0.25) is 23.1 Å². The van der Waals surface area contributed by atoms with Crippen molar-refractivity contribution in [3.63, 3.8) is 0 Å². The van der Waals surface area contributed by atoms with Gasteiger partial charge in [-0.05, 0) is 64.4 Å². The first kappa shape index (κ1) is 43.2. The number of pyridine rings is 1. The number of fused-ring (bicyclic) bond motifs is 2. The van der Waals surface area contributed by atoms with Gasteiger partial charge in [-0.15, -0.1) is 0 Å². The molecule has 0 bridgehead atoms. The molecular formula is C42H52N14O6. The molecule has 0 atom stereocenters. The fraction of sp³-hybridized carbons (Fsp3) is 0.405. The first-order valence-electron chi connectivity index (χ1n) is 20.5. The van der Waals surface area contributed by atoms with Crippen LogP contribution in [0.15, 0.2) is 58.7 Å². The molecule has 20 nitrogen and oxygen atoms in total. The minimum absolute atomic E-state index is 0.195. The lowest BCUT2D eigenvalue weighted by Crippen LogP contribution is -2.37. The molecule has 4 amide bonds. The van der Waals surface area contributed by atoms with Crippen molar-refractivity contribution in [2.75, 3.05) is 39.5 Å². The van der Waals surface area contributed by atoms with Gasteiger partial charge in [-0.1, -0.05) is 12.2 Å². The number of carbonyl (C=O) groups excluding carboxylic acids is 4. The lowest BCUT2D eigenvalue weighted by Gasteiger charge is -2.26. The number of primary amides is 2. The van der Waals surface area contributed by atoms with Gasteiger partial charge in [-0.3, -0.25) is 38.0 Å². The third-order valence-corrected chi connectivity index (χ3v) is 10.8. The Kier molecular flexibility index (Phi) is 12.8. The van der Waals surface area contributed by atoms with Crippen molar-refractivity contribution >= 4 is 45.8 Å². The van der Waals surface area contributed by atoms with Crippen LogP contribution in [0.4, 0.5) is 0 Å². The molecule has 0 unspecified atom stereocenters. The number of ether oxygens (including phenoxy) is 2. The third-order valence-electron chi connectivity index (χ3n) is 10.8. The van der Waals surface area contributed by atoms with Gasteiger partial charge in [0.05, 0.1) is 47.8 Å². The van der Waals surface area contributed by atoms with Crippen LogP contribution >= 0.6 is 0 Å². The molecule has 4 N–H and O–H groups in total. The smallest absolute Gasteiger partial charge is 0.298 e. The minimum atomic E-state index is -0.645. The zero-order chi connectivity index (χ0) is 44.2. The molecule has 0 spiro atoms. The molecule has 0 aliphatic carbocycles. The highest BCUT2D eigenvalue weighted by Crippen LogP contribution is 2.28. The Morgan fingerprint density at radius 3 is 1.90 bits per heavy atom. The van der Waals surface area contributed by atoms with Gasteiger partial charge in [0.15, 0.2) is 5.65 Å². The van der Waals surface area contributed by atoms with Crippen molar-refractivity contribution in [3.8, 4) is 5.75 Å². The van der Waals surface area contributed by atoms with Gasteiger partial charge in [0, 0.05) is 71.7 Å². The van der Waals surface area contributed by atoms with E-state index in [0.717, 1.165) is 26.1 Å². The number of morpholine rings is 1. The van der Waals surface area contributed by atoms with Crippen LogP contribution in [0.1, 0.15) is 73.3 Å². The molecule has 5 aromatic heterocycles. The largest absolute Gasteiger partial charge is 0.491 e. The second-order valence-electron chi connectivity index (χ2n) is 15.0. The molecular weight excluding hydrogens is 797 g/mol. The van der Waals surface area contributed by atoms with Crippen molar-refractivity contribution in [2.24, 2.45) is 35.5 Å². The topological polar surface area (TPSA) is 235 Å². The number of nitrogens with zero attached hydrogens (tertiary/aromatic N) is 12. The van der Waals surface area contributed by atoms with Crippen LogP contribution in [0.3, 0.4) is 0 Å². The standard InChI is InChI=1S/C42H52N14O6/c1-7-55-32(20-26(3)48-55)39(59)46-41-50(5)30-22-28(36(43)57)24-34(62-17-11-12-52-15-18-61-19-16-52)35(30)53(41)13-9-10-14-54-38-31(23-29(25-45-38)37(44)58)51(6)42(54)47-40(60)33-21-27(4)49-56(33)8-2/h9-10,20-25H,7-8,11-19H2,1-6H3,(H2,43,57)(H2,44,58)/b10-9+,46-41+,47-42+. The first-order chi connectivity index (χ1) is 29.8. The van der Waals surface area contributed by atoms with Crippen LogP contribution < -0.4 is 27.4 Å². The molecule has 1 aromatic carbocycles. The van der Waals surface area contributed by atoms with Crippen molar-refractivity contribution in [1.29, 1.82) is 0 Å². The molecule has 7 rings (SSSR count). The number of amides is 4. The summed E-state index contributed by atoms with van der Waals surface area (Å²) in [6.07, 6.45) is 5.87. The van der Waals surface area contributed by atoms with Crippen LogP contribution in [0, 0.1) is 13.8 Å². The molecule has 1 fully saturated rings. The predicted octanol–water partition coefficient (Wildman–Crippen LogP) is 1.76. The highest BCUT2D eigenvalue weighted by molar-refractivity contribution is 5.99. The number of allylic oxidation sites excluding steroid dienone is 2. The molecule has 1 aliphatic heterocycles. The lowest BCUT2D eigenvalue weighted by molar-refractivity contribution is 0.0358. The van der Waals surface area contributed by atoms with Crippen LogP contribution in [-0.4, -0.2) is 111 Å². The summed E-state index contributed by atoms with van der Waals surface area (Å²) in [5.74, 6) is -1.87. The monoisotopic (exact) mass is 848 g/mol. The summed E-state index contributed by atoms with van der Waals surface area (Å²) in [4.78, 5) is 68.4. The number of hydrogen-bond acceptors (Lipinski definition) is 10. The number of aryl methyl sites for hydroxylation is 6. The SMILES string of the molecule is CCn1nc(C)cc1C(=O)/N=c1\n(C)c2cc(C(N)=O)cnc2n1C/C=C/Cn1/c(=N/C(=O)c2cc(C)nn2CC)n(C)c2cc(C(N)=O)cc(OCCCN3CCOCC3)c21. The summed E-state index contributed by atoms with van der Waals surface area (Å²) in [6.45, 7) is 13.0. The number of imidazole rings is 2. The summed E-state index contributed by atoms with van der Waals surface area (Å²) < 4.78 is 22.2. The second-order valence-corrected chi connectivity index (χ2v) is 15.0. The summed E-state index contributed by atoms with van der Waals surface area (Å²) in [7, 11) is 3.49. The molecule has 6 aromatic rings. The van der Waals surface area contributed by atoms with E-state index >= 15 is 0 Å². The quantitative estimate of drug-likeness (QED) is 0.112. The van der Waals surface area contributed by atoms with Gasteiger partial charge in [-0.25, -0.2) is 4.98 Å². The third kappa shape index (κ3) is 8.77. The van der Waals surface area contributed by atoms with Gasteiger partial charge in [-0.2, -0.15) is 20.2 Å². The number of hydrogen-bond donors (Lipinski definition) is 2. The van der Waals surface area contributed by atoms with E-state index in [9.17, 15) is 19.2 Å². The summed E-state index contributed by atoms with van der Waals surface area (Å²) in [5, 5.41) is 8.85. The molecule has 0 radical (unpaired) electrons. The molecule has 1 aliphatic rings. The van der Waals surface area contributed by atoms with Gasteiger partial charge in [0.1, 0.15) is 22.7 Å². The number of nitrogens with two attached hydrogens (primary N) is 2. The van der Waals surface area contributed by atoms with E-state index in [1.54, 1.807) is 67.5 Å². The maximum atomic E-state index is 13.9. The van der Waals surface area contributed by atoms with E-state index in [-0.39, 0.29) is 29.8 Å². The molecule has 326 valence electrons. The van der Waals surface area contributed by atoms with Crippen LogP contribution in [0.2, 0.25) is 0 Å². The zero-order valence-corrected chi connectivity index (χ0v) is 35.9. The molecule has 0 saturated carbocycles. The lowest BCUT2D eigenvalue weighted by atomic mass is 10.1. The average Bonchev–Trinajstić information content (AvgIpc) is 3.99. The van der Waals surface area contributed by atoms with Gasteiger partial charge < -0.3 is 34.6 Å². The normalized spacial score (nSPS) is 14.2. The van der Waals surface area contributed by atoms with Crippen molar-refractivity contribution in [3.05, 3.63) is 93.8 Å². The zero-order valence-electron chi connectivity index (χ0n) is 35.9. The van der Waals surface area contributed by atoms with E-state index in [1.165, 1.54) is 6.20 Å². The van der Waals surface area contributed by atoms with Crippen molar-refractivity contribution in [1.82, 2.24) is 47.7 Å². The maximum Gasteiger partial charge on any atom is 0.298 e. The average molecular weight is 849 g/mol.